The lowest BCUT2D eigenvalue weighted by Gasteiger charge is -2.37. The van der Waals surface area contributed by atoms with Gasteiger partial charge in [-0.25, -0.2) is 4.79 Å². The summed E-state index contributed by atoms with van der Waals surface area (Å²) in [6.45, 7) is 5.93. The van der Waals surface area contributed by atoms with Gasteiger partial charge in [-0.15, -0.1) is 0 Å². The number of carbonyl (C=O) groups is 3. The van der Waals surface area contributed by atoms with Crippen LogP contribution in [0, 0.1) is 11.8 Å². The Labute approximate surface area is 196 Å². The van der Waals surface area contributed by atoms with Crippen LogP contribution in [0.4, 0.5) is 4.79 Å². The van der Waals surface area contributed by atoms with Gasteiger partial charge < -0.3 is 15.0 Å². The van der Waals surface area contributed by atoms with Crippen LogP contribution in [0.2, 0.25) is 0 Å². The Morgan fingerprint density at radius 3 is 2.52 bits per heavy atom. The minimum atomic E-state index is -0.802. The molecule has 33 heavy (non-hydrogen) atoms. The zero-order valence-electron chi connectivity index (χ0n) is 20.0. The van der Waals surface area contributed by atoms with Crippen molar-refractivity contribution < 1.29 is 19.1 Å². The summed E-state index contributed by atoms with van der Waals surface area (Å²) in [6, 6.07) is 7.89. The van der Waals surface area contributed by atoms with Gasteiger partial charge in [0.1, 0.15) is 17.8 Å². The maximum Gasteiger partial charge on any atom is 0.325 e. The van der Waals surface area contributed by atoms with Crippen LogP contribution in [-0.2, 0) is 16.0 Å². The Balaban J connectivity index is 1.24. The first-order valence-corrected chi connectivity index (χ1v) is 12.6. The Morgan fingerprint density at radius 1 is 1.12 bits per heavy atom. The number of piperidine rings is 1. The third kappa shape index (κ3) is 5.02. The molecule has 3 aliphatic rings. The highest BCUT2D eigenvalue weighted by atomic mass is 16.5. The Kier molecular flexibility index (Phi) is 7.25. The van der Waals surface area contributed by atoms with Crippen molar-refractivity contribution in [1.29, 1.82) is 0 Å². The normalized spacial score (nSPS) is 26.1. The summed E-state index contributed by atoms with van der Waals surface area (Å²) < 4.78 is 5.50. The third-order valence-corrected chi connectivity index (χ3v) is 7.84. The number of benzene rings is 1. The molecule has 2 heterocycles. The monoisotopic (exact) mass is 455 g/mol. The summed E-state index contributed by atoms with van der Waals surface area (Å²) in [5.41, 5.74) is 0.505. The second-order valence-electron chi connectivity index (χ2n) is 9.88. The highest BCUT2D eigenvalue weighted by Gasteiger charge is 2.55. The number of urea groups is 1. The molecule has 1 saturated carbocycles. The molecule has 4 amide bonds. The molecule has 1 aromatic rings. The molecule has 1 N–H and O–H groups in total. The quantitative estimate of drug-likeness (QED) is 0.635. The van der Waals surface area contributed by atoms with Gasteiger partial charge in [-0.2, -0.15) is 0 Å². The fourth-order valence-corrected chi connectivity index (χ4v) is 5.64. The van der Waals surface area contributed by atoms with Crippen molar-refractivity contribution in [1.82, 2.24) is 15.1 Å². The van der Waals surface area contributed by atoms with E-state index in [0.717, 1.165) is 55.6 Å². The number of carbonyl (C=O) groups excluding carboxylic acids is 3. The zero-order chi connectivity index (χ0) is 23.4. The van der Waals surface area contributed by atoms with Gasteiger partial charge in [0.25, 0.3) is 5.91 Å². The first-order valence-electron chi connectivity index (χ1n) is 12.6. The van der Waals surface area contributed by atoms with E-state index in [1.807, 2.05) is 30.9 Å². The topological polar surface area (TPSA) is 79.0 Å². The minimum absolute atomic E-state index is 0.105. The smallest absolute Gasteiger partial charge is 0.325 e. The van der Waals surface area contributed by atoms with Crippen molar-refractivity contribution in [2.24, 2.45) is 11.8 Å². The van der Waals surface area contributed by atoms with Gasteiger partial charge in [0, 0.05) is 13.1 Å². The van der Waals surface area contributed by atoms with Gasteiger partial charge in [-0.1, -0.05) is 31.9 Å². The van der Waals surface area contributed by atoms with Crippen molar-refractivity contribution in [2.45, 2.75) is 70.8 Å². The van der Waals surface area contributed by atoms with Gasteiger partial charge in [-0.05, 0) is 75.0 Å². The molecule has 2 atom stereocenters. The molecule has 0 radical (unpaired) electrons. The van der Waals surface area contributed by atoms with Crippen LogP contribution in [0.3, 0.4) is 0 Å². The Hall–Kier alpha value is -2.57. The van der Waals surface area contributed by atoms with Crippen molar-refractivity contribution in [2.75, 3.05) is 26.2 Å². The summed E-state index contributed by atoms with van der Waals surface area (Å²) in [7, 11) is 0. The predicted octanol–water partition coefficient (Wildman–Crippen LogP) is 3.76. The lowest BCUT2D eigenvalue weighted by Crippen LogP contribution is -2.54. The average Bonchev–Trinajstić information content (AvgIpc) is 3.06. The first-order chi connectivity index (χ1) is 15.9. The van der Waals surface area contributed by atoms with Crippen molar-refractivity contribution in [3.05, 3.63) is 29.8 Å². The number of ether oxygens (including phenoxy) is 1. The predicted molar refractivity (Wildman–Crippen MR) is 126 cm³/mol. The molecule has 1 aromatic carbocycles. The average molecular weight is 456 g/mol. The fraction of sp³-hybridized carbons (Fsp3) is 0.654. The van der Waals surface area contributed by atoms with E-state index in [4.69, 9.17) is 4.74 Å². The Morgan fingerprint density at radius 2 is 1.85 bits per heavy atom. The van der Waals surface area contributed by atoms with Crippen LogP contribution in [0.1, 0.15) is 64.4 Å². The van der Waals surface area contributed by atoms with E-state index in [0.29, 0.717) is 32.0 Å². The summed E-state index contributed by atoms with van der Waals surface area (Å²) in [6.07, 6.45) is 7.66. The number of rotatable bonds is 7. The van der Waals surface area contributed by atoms with Gasteiger partial charge in [0.15, 0.2) is 0 Å². The fourth-order valence-electron chi connectivity index (χ4n) is 5.64. The number of likely N-dealkylation sites (tertiary alicyclic amines) is 1. The van der Waals surface area contributed by atoms with E-state index in [2.05, 4.69) is 17.4 Å². The van der Waals surface area contributed by atoms with E-state index < -0.39 is 11.6 Å². The van der Waals surface area contributed by atoms with Crippen molar-refractivity contribution in [3.8, 4) is 5.75 Å². The molecular formula is C26H37N3O4. The van der Waals surface area contributed by atoms with Crippen LogP contribution < -0.4 is 10.1 Å². The molecule has 0 aromatic heterocycles. The number of aryl methyl sites for hydroxylation is 1. The Bertz CT molecular complexity index is 863. The van der Waals surface area contributed by atoms with Crippen LogP contribution in [0.25, 0.3) is 0 Å². The first kappa shape index (κ1) is 23.6. The SMILES string of the molecule is CCOc1ccc(CCC2CCN(C(=O)CN3C(=O)NC4(CCCCC4C)C3=O)CC2)cc1. The molecule has 1 aliphatic carbocycles. The molecule has 4 rings (SSSR count). The number of amides is 4. The number of nitrogens with one attached hydrogen (secondary N) is 1. The summed E-state index contributed by atoms with van der Waals surface area (Å²) in [5, 5.41) is 2.94. The van der Waals surface area contributed by atoms with Crippen molar-refractivity contribution >= 4 is 17.8 Å². The summed E-state index contributed by atoms with van der Waals surface area (Å²) >= 11 is 0. The lowest BCUT2D eigenvalue weighted by molar-refractivity contribution is -0.141. The van der Waals surface area contributed by atoms with Gasteiger partial charge in [0.2, 0.25) is 5.91 Å². The third-order valence-electron chi connectivity index (χ3n) is 7.84. The van der Waals surface area contributed by atoms with Gasteiger partial charge in [-0.3, -0.25) is 14.5 Å². The summed E-state index contributed by atoms with van der Waals surface area (Å²) in [4.78, 5) is 41.6. The number of hydrogen-bond donors (Lipinski definition) is 1. The molecular weight excluding hydrogens is 418 g/mol. The van der Waals surface area contributed by atoms with Crippen LogP contribution >= 0.6 is 0 Å². The highest BCUT2D eigenvalue weighted by Crippen LogP contribution is 2.38. The van der Waals surface area contributed by atoms with E-state index in [-0.39, 0.29) is 24.3 Å². The van der Waals surface area contributed by atoms with Crippen LogP contribution in [0.15, 0.2) is 24.3 Å². The van der Waals surface area contributed by atoms with E-state index >= 15 is 0 Å². The second kappa shape index (κ2) is 10.1. The van der Waals surface area contributed by atoms with Crippen LogP contribution in [-0.4, -0.2) is 59.4 Å². The standard InChI is InChI=1S/C26H37N3O4/c1-3-33-22-11-9-20(10-12-22)7-8-21-13-16-28(17-14-21)23(30)18-29-24(31)26(27-25(29)32)15-5-4-6-19(26)2/h9-12,19,21H,3-8,13-18H2,1-2H3,(H,27,32). The van der Waals surface area contributed by atoms with E-state index in [1.54, 1.807) is 0 Å². The molecule has 2 aliphatic heterocycles. The number of nitrogens with zero attached hydrogens (tertiary/aromatic N) is 2. The van der Waals surface area contributed by atoms with E-state index in [9.17, 15) is 14.4 Å². The largest absolute Gasteiger partial charge is 0.494 e. The molecule has 180 valence electrons. The zero-order valence-corrected chi connectivity index (χ0v) is 20.0. The second-order valence-corrected chi connectivity index (χ2v) is 9.88. The van der Waals surface area contributed by atoms with Gasteiger partial charge in [0.05, 0.1) is 6.61 Å². The maximum atomic E-state index is 13.1. The van der Waals surface area contributed by atoms with E-state index in [1.165, 1.54) is 5.56 Å². The number of imide groups is 1. The lowest BCUT2D eigenvalue weighted by atomic mass is 9.73. The molecule has 1 spiro atoms. The van der Waals surface area contributed by atoms with Gasteiger partial charge >= 0.3 is 6.03 Å². The molecule has 7 nitrogen and oxygen atoms in total. The number of hydrogen-bond acceptors (Lipinski definition) is 4. The minimum Gasteiger partial charge on any atom is -0.494 e. The summed E-state index contributed by atoms with van der Waals surface area (Å²) in [5.74, 6) is 1.27. The highest BCUT2D eigenvalue weighted by molar-refractivity contribution is 6.09. The molecule has 3 fully saturated rings. The molecule has 2 unspecified atom stereocenters. The van der Waals surface area contributed by atoms with Crippen LogP contribution in [0.5, 0.6) is 5.75 Å². The maximum absolute atomic E-state index is 13.1. The van der Waals surface area contributed by atoms with Crippen molar-refractivity contribution in [3.63, 3.8) is 0 Å². The molecule has 2 saturated heterocycles. The molecule has 0 bridgehead atoms. The molecule has 7 heteroatoms.